The Hall–Kier alpha value is -5.66. The normalized spacial score (nSPS) is 18.3. The molecule has 6 rings (SSSR count). The third-order valence-corrected chi connectivity index (χ3v) is 10.2. The van der Waals surface area contributed by atoms with Crippen LogP contribution in [-0.2, 0) is 14.3 Å². The number of aromatic nitrogens is 4. The molecule has 2 aliphatic rings. The zero-order valence-electron chi connectivity index (χ0n) is 30.8. The van der Waals surface area contributed by atoms with E-state index in [0.29, 0.717) is 18.9 Å². The first-order chi connectivity index (χ1) is 25.4. The maximum Gasteiger partial charge on any atom is 0.407 e. The van der Waals surface area contributed by atoms with Gasteiger partial charge in [-0.05, 0) is 59.8 Å². The van der Waals surface area contributed by atoms with Crippen molar-refractivity contribution < 1.29 is 29.0 Å². The van der Waals surface area contributed by atoms with Crippen LogP contribution in [0, 0.1) is 11.8 Å². The molecule has 280 valence electrons. The van der Waals surface area contributed by atoms with Gasteiger partial charge in [0, 0.05) is 13.1 Å². The number of carbonyl (C=O) groups is 4. The summed E-state index contributed by atoms with van der Waals surface area (Å²) in [5, 5.41) is 14.3. The molecule has 4 aromatic rings. The van der Waals surface area contributed by atoms with Gasteiger partial charge in [-0.25, -0.2) is 19.6 Å². The quantitative estimate of drug-likeness (QED) is 0.122. The molecule has 4 atom stereocenters. The van der Waals surface area contributed by atoms with Crippen LogP contribution in [-0.4, -0.2) is 91.1 Å². The fourth-order valence-corrected chi connectivity index (χ4v) is 7.32. The Kier molecular flexibility index (Phi) is 11.2. The molecular weight excluding hydrogens is 676 g/mol. The van der Waals surface area contributed by atoms with Crippen LogP contribution >= 0.6 is 0 Å². The second-order valence-corrected chi connectivity index (χ2v) is 14.4. The molecule has 2 fully saturated rings. The molecule has 4 amide bonds. The number of hydrogen-bond acceptors (Lipinski definition) is 7. The number of hydrogen-bond donors (Lipinski definition) is 5. The van der Waals surface area contributed by atoms with Gasteiger partial charge in [-0.15, -0.1) is 0 Å². The maximum atomic E-state index is 13.5. The van der Waals surface area contributed by atoms with Crippen molar-refractivity contribution in [3.63, 3.8) is 0 Å². The second kappa shape index (κ2) is 15.9. The first-order valence-electron chi connectivity index (χ1n) is 18.2. The molecule has 1 unspecified atom stereocenters. The van der Waals surface area contributed by atoms with E-state index in [0.717, 1.165) is 65.1 Å². The molecule has 14 nitrogen and oxygen atoms in total. The van der Waals surface area contributed by atoms with Crippen LogP contribution in [0.3, 0.4) is 0 Å². The highest BCUT2D eigenvalue weighted by Gasteiger charge is 2.39. The van der Waals surface area contributed by atoms with Crippen LogP contribution in [0.15, 0.2) is 60.9 Å². The van der Waals surface area contributed by atoms with E-state index in [-0.39, 0.29) is 35.7 Å². The number of nitrogens with zero attached hydrogens (tertiary/aromatic N) is 4. The number of rotatable bonds is 11. The smallest absolute Gasteiger partial charge is 0.407 e. The predicted molar refractivity (Wildman–Crippen MR) is 198 cm³/mol. The molecule has 2 aromatic carbocycles. The van der Waals surface area contributed by atoms with E-state index >= 15 is 0 Å². The van der Waals surface area contributed by atoms with Gasteiger partial charge >= 0.3 is 12.2 Å². The molecule has 2 aliphatic heterocycles. The highest BCUT2D eigenvalue weighted by molar-refractivity contribution is 5.87. The minimum atomic E-state index is -1.21. The van der Waals surface area contributed by atoms with Crippen molar-refractivity contribution in [2.24, 2.45) is 11.8 Å². The molecule has 0 bridgehead atoms. The highest BCUT2D eigenvalue weighted by Crippen LogP contribution is 2.35. The van der Waals surface area contributed by atoms with Crippen molar-refractivity contribution in [2.45, 2.75) is 77.5 Å². The number of carbonyl (C=O) groups excluding carboxylic acids is 3. The number of methoxy groups -OCH3 is 1. The number of carboxylic acid groups (broad SMARTS) is 1. The fraction of sp³-hybridized carbons (Fsp3) is 0.436. The number of imidazole rings is 2. The fourth-order valence-electron chi connectivity index (χ4n) is 7.32. The van der Waals surface area contributed by atoms with E-state index in [1.165, 1.54) is 7.11 Å². The molecule has 2 aromatic heterocycles. The van der Waals surface area contributed by atoms with Crippen LogP contribution < -0.4 is 10.6 Å². The van der Waals surface area contributed by atoms with E-state index in [4.69, 9.17) is 4.74 Å². The molecule has 2 saturated heterocycles. The predicted octanol–water partition coefficient (Wildman–Crippen LogP) is 6.13. The van der Waals surface area contributed by atoms with E-state index in [1.807, 2.05) is 52.0 Å². The largest absolute Gasteiger partial charge is 0.465 e. The summed E-state index contributed by atoms with van der Waals surface area (Å²) in [6, 6.07) is 14.4. The topological polar surface area (TPSA) is 186 Å². The summed E-state index contributed by atoms with van der Waals surface area (Å²) in [6.45, 7) is 8.59. The Bertz CT molecular complexity index is 1920. The van der Waals surface area contributed by atoms with E-state index in [2.05, 4.69) is 54.8 Å². The average Bonchev–Trinajstić information content (AvgIpc) is 3.98. The lowest BCUT2D eigenvalue weighted by Gasteiger charge is -2.30. The lowest BCUT2D eigenvalue weighted by atomic mass is 10.0. The Balaban J connectivity index is 1.11. The number of likely N-dealkylation sites (tertiary alicyclic amines) is 2. The van der Waals surface area contributed by atoms with Gasteiger partial charge in [-0.3, -0.25) is 9.59 Å². The van der Waals surface area contributed by atoms with Crippen LogP contribution in [0.1, 0.15) is 77.1 Å². The zero-order valence-corrected chi connectivity index (χ0v) is 30.8. The number of aromatic amines is 2. The van der Waals surface area contributed by atoms with Crippen molar-refractivity contribution in [3.05, 3.63) is 72.6 Å². The standard InChI is InChI=1S/C39H48N8O6/c1-22(2)32(44-38(50)51)36(48)46-18-6-8-30(46)34-40-20-28(42-34)26-14-10-24(11-15-26)25-12-16-27(17-13-25)29-21-41-35(43-29)31-9-7-19-47(31)37(49)33(23(3)4)45-39(52)53-5/h10-17,20-23,30-33,44H,6-9,18-19H2,1-5H3,(H,40,42)(H,41,43)(H,45,52)(H,50,51)/t30-,31?,32+,33-/m0/s1. The Morgan fingerprint density at radius 1 is 0.698 bits per heavy atom. The summed E-state index contributed by atoms with van der Waals surface area (Å²) in [4.78, 5) is 69.8. The number of benzene rings is 2. The van der Waals surface area contributed by atoms with Crippen molar-refractivity contribution in [1.29, 1.82) is 0 Å². The molecule has 0 saturated carbocycles. The third-order valence-electron chi connectivity index (χ3n) is 10.2. The van der Waals surface area contributed by atoms with Gasteiger partial charge in [-0.2, -0.15) is 0 Å². The SMILES string of the molecule is COC(=O)N[C@H](C(=O)N1CCCC1c1ncc(-c2ccc(-c3ccc(-c4cnc([C@@H]5CCCN5C(=O)[C@H](NC(=O)O)C(C)C)[nH]4)cc3)cc2)[nH]1)C(C)C. The summed E-state index contributed by atoms with van der Waals surface area (Å²) < 4.78 is 4.75. The van der Waals surface area contributed by atoms with E-state index < -0.39 is 24.3 Å². The molecule has 53 heavy (non-hydrogen) atoms. The first-order valence-corrected chi connectivity index (χ1v) is 18.2. The van der Waals surface area contributed by atoms with Crippen molar-refractivity contribution in [1.82, 2.24) is 40.4 Å². The maximum absolute atomic E-state index is 13.5. The molecule has 4 heterocycles. The van der Waals surface area contributed by atoms with Gasteiger partial charge in [0.1, 0.15) is 23.7 Å². The summed E-state index contributed by atoms with van der Waals surface area (Å²) >= 11 is 0. The zero-order chi connectivity index (χ0) is 37.8. The number of H-pyrrole nitrogens is 2. The molecule has 0 aliphatic carbocycles. The van der Waals surface area contributed by atoms with Gasteiger partial charge in [0.05, 0.1) is 43.0 Å². The highest BCUT2D eigenvalue weighted by atomic mass is 16.5. The summed E-state index contributed by atoms with van der Waals surface area (Å²) in [7, 11) is 1.29. The van der Waals surface area contributed by atoms with Gasteiger partial charge in [0.15, 0.2) is 0 Å². The summed E-state index contributed by atoms with van der Waals surface area (Å²) in [5.41, 5.74) is 5.70. The molecule has 5 N–H and O–H groups in total. The van der Waals surface area contributed by atoms with Crippen LogP contribution in [0.4, 0.5) is 9.59 Å². The van der Waals surface area contributed by atoms with E-state index in [1.54, 1.807) is 22.2 Å². The van der Waals surface area contributed by atoms with Gasteiger partial charge in [-0.1, -0.05) is 76.2 Å². The lowest BCUT2D eigenvalue weighted by molar-refractivity contribution is -0.136. The molecule has 0 radical (unpaired) electrons. The van der Waals surface area contributed by atoms with Crippen molar-refractivity contribution >= 4 is 24.0 Å². The molecule has 14 heteroatoms. The number of alkyl carbamates (subject to hydrolysis) is 1. The Morgan fingerprint density at radius 2 is 1.09 bits per heavy atom. The number of ether oxygens (including phenoxy) is 1. The first kappa shape index (κ1) is 37.1. The third kappa shape index (κ3) is 8.06. The summed E-state index contributed by atoms with van der Waals surface area (Å²) in [6.07, 6.45) is 4.91. The van der Waals surface area contributed by atoms with Crippen molar-refractivity contribution in [3.8, 4) is 33.6 Å². The monoisotopic (exact) mass is 724 g/mol. The van der Waals surface area contributed by atoms with E-state index in [9.17, 15) is 24.3 Å². The second-order valence-electron chi connectivity index (χ2n) is 14.4. The van der Waals surface area contributed by atoms with Crippen LogP contribution in [0.2, 0.25) is 0 Å². The Labute approximate surface area is 308 Å². The molecule has 0 spiro atoms. The van der Waals surface area contributed by atoms with Crippen LogP contribution in [0.25, 0.3) is 33.6 Å². The Morgan fingerprint density at radius 3 is 1.47 bits per heavy atom. The van der Waals surface area contributed by atoms with Crippen molar-refractivity contribution in [2.75, 3.05) is 20.2 Å². The van der Waals surface area contributed by atoms with Gasteiger partial charge in [0.2, 0.25) is 11.8 Å². The van der Waals surface area contributed by atoms with Gasteiger partial charge < -0.3 is 40.2 Å². The molecular formula is C39H48N8O6. The van der Waals surface area contributed by atoms with Gasteiger partial charge in [0.25, 0.3) is 0 Å². The average molecular weight is 725 g/mol. The summed E-state index contributed by atoms with van der Waals surface area (Å²) in [5.74, 6) is 0.737. The minimum absolute atomic E-state index is 0.107. The minimum Gasteiger partial charge on any atom is -0.465 e. The number of amides is 4. The lowest BCUT2D eigenvalue weighted by Crippen LogP contribution is -2.51. The van der Waals surface area contributed by atoms with Crippen LogP contribution in [0.5, 0.6) is 0 Å². The number of nitrogens with one attached hydrogen (secondary N) is 4.